The van der Waals surface area contributed by atoms with Crippen LogP contribution < -0.4 is 5.32 Å². The molecule has 4 rings (SSSR count). The van der Waals surface area contributed by atoms with E-state index in [9.17, 15) is 4.79 Å². The third-order valence-corrected chi connectivity index (χ3v) is 6.34. The molecule has 0 spiro atoms. The zero-order chi connectivity index (χ0) is 18.6. The summed E-state index contributed by atoms with van der Waals surface area (Å²) in [5, 5.41) is 6.50. The minimum atomic E-state index is 0.127. The normalized spacial score (nSPS) is 18.0. The number of thiophene rings is 1. The Morgan fingerprint density at radius 3 is 3.00 bits per heavy atom. The Morgan fingerprint density at radius 1 is 1.26 bits per heavy atom. The summed E-state index contributed by atoms with van der Waals surface area (Å²) in [5.41, 5.74) is 2.28. The fourth-order valence-corrected chi connectivity index (χ4v) is 4.89. The molecule has 1 aromatic carbocycles. The number of hydrogen-bond acceptors (Lipinski definition) is 3. The van der Waals surface area contributed by atoms with Crippen LogP contribution >= 0.6 is 11.3 Å². The van der Waals surface area contributed by atoms with E-state index in [1.807, 2.05) is 30.5 Å². The summed E-state index contributed by atoms with van der Waals surface area (Å²) in [6.07, 6.45) is 4.95. The number of nitrogens with one attached hydrogen (secondary N) is 1. The van der Waals surface area contributed by atoms with Crippen molar-refractivity contribution in [1.29, 1.82) is 0 Å². The number of aryl methyl sites for hydroxylation is 1. The van der Waals surface area contributed by atoms with Crippen molar-refractivity contribution in [2.24, 2.45) is 13.0 Å². The van der Waals surface area contributed by atoms with Crippen molar-refractivity contribution in [3.8, 4) is 0 Å². The summed E-state index contributed by atoms with van der Waals surface area (Å²) < 4.78 is 2.10. The summed E-state index contributed by atoms with van der Waals surface area (Å²) in [6.45, 7) is 4.06. The average Bonchev–Trinajstić information content (AvgIpc) is 3.29. The standard InChI is InChI=1S/C22H27N3OS/c1-24-15-18(20-8-2-3-9-21(20)24)12-22(26)23-13-17-6-4-10-25(14-17)16-19-7-5-11-27-19/h2-3,5,7-9,11,15,17H,4,6,10,12-14,16H2,1H3,(H,23,26). The molecule has 1 unspecified atom stereocenters. The highest BCUT2D eigenvalue weighted by Gasteiger charge is 2.21. The first-order chi connectivity index (χ1) is 13.2. The first-order valence-corrected chi connectivity index (χ1v) is 10.6. The first kappa shape index (κ1) is 18.3. The second-order valence-corrected chi connectivity index (χ2v) is 8.62. The Morgan fingerprint density at radius 2 is 2.15 bits per heavy atom. The van der Waals surface area contributed by atoms with E-state index in [1.54, 1.807) is 0 Å². The summed E-state index contributed by atoms with van der Waals surface area (Å²) >= 11 is 1.83. The minimum Gasteiger partial charge on any atom is -0.355 e. The van der Waals surface area contributed by atoms with Crippen LogP contribution in [0.3, 0.4) is 0 Å². The van der Waals surface area contributed by atoms with Crippen LogP contribution in [0.25, 0.3) is 10.9 Å². The van der Waals surface area contributed by atoms with E-state index in [1.165, 1.54) is 35.2 Å². The molecule has 0 saturated carbocycles. The molecule has 0 aliphatic carbocycles. The van der Waals surface area contributed by atoms with Crippen LogP contribution in [-0.2, 0) is 24.8 Å². The van der Waals surface area contributed by atoms with E-state index in [4.69, 9.17) is 0 Å². The molecule has 0 radical (unpaired) electrons. The third-order valence-electron chi connectivity index (χ3n) is 5.48. The molecule has 142 valence electrons. The summed E-state index contributed by atoms with van der Waals surface area (Å²) in [5.74, 6) is 0.678. The van der Waals surface area contributed by atoms with Gasteiger partial charge in [0.1, 0.15) is 0 Å². The molecule has 4 nitrogen and oxygen atoms in total. The molecule has 1 amide bonds. The summed E-state index contributed by atoms with van der Waals surface area (Å²) in [6, 6.07) is 12.6. The number of fused-ring (bicyclic) bond motifs is 1. The van der Waals surface area contributed by atoms with Crippen molar-refractivity contribution >= 4 is 28.1 Å². The molecule has 1 saturated heterocycles. The van der Waals surface area contributed by atoms with Gasteiger partial charge in [0.05, 0.1) is 6.42 Å². The molecule has 1 N–H and O–H groups in total. The molecule has 3 heterocycles. The van der Waals surface area contributed by atoms with E-state index < -0.39 is 0 Å². The number of rotatable bonds is 6. The fraction of sp³-hybridized carbons (Fsp3) is 0.409. The number of benzene rings is 1. The quantitative estimate of drug-likeness (QED) is 0.705. The molecule has 1 atom stereocenters. The van der Waals surface area contributed by atoms with Crippen LogP contribution in [0, 0.1) is 5.92 Å². The maximum atomic E-state index is 12.5. The predicted octanol–water partition coefficient (Wildman–Crippen LogP) is 3.81. The lowest BCUT2D eigenvalue weighted by molar-refractivity contribution is -0.120. The molecular weight excluding hydrogens is 354 g/mol. The maximum absolute atomic E-state index is 12.5. The number of aromatic nitrogens is 1. The van der Waals surface area contributed by atoms with Gasteiger partial charge in [-0.2, -0.15) is 0 Å². The third kappa shape index (κ3) is 4.42. The second-order valence-electron chi connectivity index (χ2n) is 7.59. The van der Waals surface area contributed by atoms with Gasteiger partial charge in [0, 0.05) is 48.7 Å². The maximum Gasteiger partial charge on any atom is 0.224 e. The van der Waals surface area contributed by atoms with E-state index >= 15 is 0 Å². The number of nitrogens with zero attached hydrogens (tertiary/aromatic N) is 2. The summed E-state index contributed by atoms with van der Waals surface area (Å²) in [4.78, 5) is 16.5. The molecular formula is C22H27N3OS. The van der Waals surface area contributed by atoms with Gasteiger partial charge in [-0.15, -0.1) is 11.3 Å². The minimum absolute atomic E-state index is 0.127. The molecule has 0 bridgehead atoms. The number of para-hydroxylation sites is 1. The van der Waals surface area contributed by atoms with Gasteiger partial charge < -0.3 is 9.88 Å². The molecule has 2 aromatic heterocycles. The highest BCUT2D eigenvalue weighted by atomic mass is 32.1. The van der Waals surface area contributed by atoms with Crippen LogP contribution in [0.5, 0.6) is 0 Å². The zero-order valence-electron chi connectivity index (χ0n) is 15.9. The summed E-state index contributed by atoms with van der Waals surface area (Å²) in [7, 11) is 2.04. The Labute approximate surface area is 164 Å². The van der Waals surface area contributed by atoms with Gasteiger partial charge in [-0.05, 0) is 48.4 Å². The van der Waals surface area contributed by atoms with E-state index in [0.717, 1.165) is 25.2 Å². The van der Waals surface area contributed by atoms with Gasteiger partial charge in [0.15, 0.2) is 0 Å². The van der Waals surface area contributed by atoms with Gasteiger partial charge >= 0.3 is 0 Å². The largest absolute Gasteiger partial charge is 0.355 e. The average molecular weight is 382 g/mol. The number of carbonyl (C=O) groups is 1. The highest BCUT2D eigenvalue weighted by molar-refractivity contribution is 7.09. The smallest absolute Gasteiger partial charge is 0.224 e. The number of likely N-dealkylation sites (tertiary alicyclic amines) is 1. The van der Waals surface area contributed by atoms with E-state index in [0.29, 0.717) is 12.3 Å². The topological polar surface area (TPSA) is 37.3 Å². The Hall–Kier alpha value is -2.11. The molecule has 27 heavy (non-hydrogen) atoms. The SMILES string of the molecule is Cn1cc(CC(=O)NCC2CCCN(Cc3cccs3)C2)c2ccccc21. The predicted molar refractivity (Wildman–Crippen MR) is 112 cm³/mol. The number of carbonyl (C=O) groups excluding carboxylic acids is 1. The van der Waals surface area contributed by atoms with Gasteiger partial charge in [0.25, 0.3) is 0 Å². The van der Waals surface area contributed by atoms with Gasteiger partial charge in [-0.25, -0.2) is 0 Å². The van der Waals surface area contributed by atoms with Gasteiger partial charge in [-0.3, -0.25) is 9.69 Å². The van der Waals surface area contributed by atoms with Crippen molar-refractivity contribution in [2.75, 3.05) is 19.6 Å². The van der Waals surface area contributed by atoms with Crippen LogP contribution in [-0.4, -0.2) is 35.0 Å². The van der Waals surface area contributed by atoms with Gasteiger partial charge in [-0.1, -0.05) is 24.3 Å². The fourth-order valence-electron chi connectivity index (χ4n) is 4.14. The molecule has 1 aliphatic heterocycles. The lowest BCUT2D eigenvalue weighted by atomic mass is 9.98. The highest BCUT2D eigenvalue weighted by Crippen LogP contribution is 2.22. The second kappa shape index (κ2) is 8.28. The van der Waals surface area contributed by atoms with Crippen molar-refractivity contribution in [1.82, 2.24) is 14.8 Å². The molecule has 5 heteroatoms. The van der Waals surface area contributed by atoms with Crippen molar-refractivity contribution in [3.05, 3.63) is 58.4 Å². The lowest BCUT2D eigenvalue weighted by Crippen LogP contribution is -2.40. The van der Waals surface area contributed by atoms with E-state index in [2.05, 4.69) is 50.6 Å². The zero-order valence-corrected chi connectivity index (χ0v) is 16.7. The van der Waals surface area contributed by atoms with Crippen molar-refractivity contribution in [2.45, 2.75) is 25.8 Å². The first-order valence-electron chi connectivity index (χ1n) is 9.73. The lowest BCUT2D eigenvalue weighted by Gasteiger charge is -2.32. The van der Waals surface area contributed by atoms with Crippen molar-refractivity contribution < 1.29 is 4.79 Å². The number of amides is 1. The Balaban J connectivity index is 1.29. The van der Waals surface area contributed by atoms with E-state index in [-0.39, 0.29) is 5.91 Å². The Bertz CT molecular complexity index is 900. The monoisotopic (exact) mass is 381 g/mol. The number of piperidine rings is 1. The molecule has 3 aromatic rings. The van der Waals surface area contributed by atoms with Crippen LogP contribution in [0.2, 0.25) is 0 Å². The van der Waals surface area contributed by atoms with Crippen LogP contribution in [0.15, 0.2) is 48.0 Å². The van der Waals surface area contributed by atoms with Gasteiger partial charge in [0.2, 0.25) is 5.91 Å². The van der Waals surface area contributed by atoms with Crippen LogP contribution in [0.4, 0.5) is 0 Å². The van der Waals surface area contributed by atoms with Crippen molar-refractivity contribution in [3.63, 3.8) is 0 Å². The number of hydrogen-bond donors (Lipinski definition) is 1. The van der Waals surface area contributed by atoms with Crippen LogP contribution in [0.1, 0.15) is 23.3 Å². The molecule has 1 aliphatic rings. The Kier molecular flexibility index (Phi) is 5.60. The molecule has 1 fully saturated rings.